The van der Waals surface area contributed by atoms with E-state index in [1.807, 2.05) is 35.4 Å². The van der Waals surface area contributed by atoms with Crippen LogP contribution in [0.1, 0.15) is 11.3 Å². The number of anilines is 1. The molecule has 0 radical (unpaired) electrons. The van der Waals surface area contributed by atoms with Crippen LogP contribution in [0.4, 0.5) is 18.9 Å². The van der Waals surface area contributed by atoms with Gasteiger partial charge < -0.3 is 4.90 Å². The van der Waals surface area contributed by atoms with Gasteiger partial charge in [0.05, 0.1) is 11.3 Å². The standard InChI is InChI=1S/C23H22F3N3/c24-23(25,26)20-7-4-8-22(16-20)29-13-11-28(12-14-29)17-21-15-19(9-10-27-21)18-5-2-1-3-6-18/h1-10,15-16H,11-14,17H2. The molecule has 1 saturated heterocycles. The number of hydrogen-bond donors (Lipinski definition) is 0. The van der Waals surface area contributed by atoms with Crippen molar-refractivity contribution in [3.8, 4) is 11.1 Å². The van der Waals surface area contributed by atoms with Gasteiger partial charge in [-0.15, -0.1) is 0 Å². The lowest BCUT2D eigenvalue weighted by Crippen LogP contribution is -2.46. The Balaban J connectivity index is 1.39. The number of rotatable bonds is 4. The molecule has 6 heteroatoms. The van der Waals surface area contributed by atoms with Crippen molar-refractivity contribution in [1.82, 2.24) is 9.88 Å². The van der Waals surface area contributed by atoms with E-state index in [1.54, 1.807) is 6.07 Å². The number of piperazine rings is 1. The molecule has 0 saturated carbocycles. The van der Waals surface area contributed by atoms with Gasteiger partial charge in [-0.3, -0.25) is 9.88 Å². The van der Waals surface area contributed by atoms with Gasteiger partial charge in [-0.1, -0.05) is 36.4 Å². The van der Waals surface area contributed by atoms with Crippen molar-refractivity contribution in [2.45, 2.75) is 12.7 Å². The van der Waals surface area contributed by atoms with Crippen LogP contribution in [-0.2, 0) is 12.7 Å². The average Bonchev–Trinajstić information content (AvgIpc) is 2.75. The molecule has 0 bridgehead atoms. The minimum absolute atomic E-state index is 0.598. The number of aromatic nitrogens is 1. The number of hydrogen-bond acceptors (Lipinski definition) is 3. The molecule has 0 aliphatic carbocycles. The zero-order chi connectivity index (χ0) is 20.3. The molecule has 1 fully saturated rings. The average molecular weight is 397 g/mol. The van der Waals surface area contributed by atoms with Crippen LogP contribution in [0.3, 0.4) is 0 Å². The van der Waals surface area contributed by atoms with Crippen LogP contribution in [0.2, 0.25) is 0 Å². The summed E-state index contributed by atoms with van der Waals surface area (Å²) in [6.07, 6.45) is -2.48. The van der Waals surface area contributed by atoms with E-state index in [2.05, 4.69) is 28.1 Å². The molecule has 1 aliphatic rings. The smallest absolute Gasteiger partial charge is 0.369 e. The fourth-order valence-electron chi connectivity index (χ4n) is 3.65. The fourth-order valence-corrected chi connectivity index (χ4v) is 3.65. The number of nitrogens with zero attached hydrogens (tertiary/aromatic N) is 3. The molecule has 2 aromatic carbocycles. The van der Waals surface area contributed by atoms with E-state index in [-0.39, 0.29) is 0 Å². The van der Waals surface area contributed by atoms with Gasteiger partial charge in [0.1, 0.15) is 0 Å². The Kier molecular flexibility index (Phi) is 5.53. The van der Waals surface area contributed by atoms with Gasteiger partial charge in [0.25, 0.3) is 0 Å². The Hall–Kier alpha value is -2.86. The van der Waals surface area contributed by atoms with Crippen LogP contribution in [0.15, 0.2) is 72.9 Å². The Bertz CT molecular complexity index is 949. The molecule has 150 valence electrons. The largest absolute Gasteiger partial charge is 0.416 e. The van der Waals surface area contributed by atoms with Crippen molar-refractivity contribution in [2.75, 3.05) is 31.1 Å². The molecule has 0 atom stereocenters. The van der Waals surface area contributed by atoms with Crippen molar-refractivity contribution in [2.24, 2.45) is 0 Å². The first-order valence-electron chi connectivity index (χ1n) is 9.64. The van der Waals surface area contributed by atoms with E-state index in [1.165, 1.54) is 12.1 Å². The van der Waals surface area contributed by atoms with Crippen LogP contribution < -0.4 is 4.90 Å². The highest BCUT2D eigenvalue weighted by atomic mass is 19.4. The number of alkyl halides is 3. The van der Waals surface area contributed by atoms with Crippen molar-refractivity contribution < 1.29 is 13.2 Å². The van der Waals surface area contributed by atoms with Gasteiger partial charge in [0.2, 0.25) is 0 Å². The normalized spacial score (nSPS) is 15.5. The van der Waals surface area contributed by atoms with E-state index in [9.17, 15) is 13.2 Å². The summed E-state index contributed by atoms with van der Waals surface area (Å²) >= 11 is 0. The molecule has 4 rings (SSSR count). The highest BCUT2D eigenvalue weighted by Gasteiger charge is 2.31. The zero-order valence-corrected chi connectivity index (χ0v) is 15.9. The summed E-state index contributed by atoms with van der Waals surface area (Å²) in [5.41, 5.74) is 3.32. The van der Waals surface area contributed by atoms with Crippen LogP contribution in [0.25, 0.3) is 11.1 Å². The molecule has 2 heterocycles. The maximum Gasteiger partial charge on any atom is 0.416 e. The lowest BCUT2D eigenvalue weighted by atomic mass is 10.1. The van der Waals surface area contributed by atoms with Crippen LogP contribution in [-0.4, -0.2) is 36.1 Å². The SMILES string of the molecule is FC(F)(F)c1cccc(N2CCN(Cc3cc(-c4ccccc4)ccn3)CC2)c1. The third kappa shape index (κ3) is 4.77. The maximum atomic E-state index is 13.0. The van der Waals surface area contributed by atoms with Crippen LogP contribution in [0, 0.1) is 0 Å². The van der Waals surface area contributed by atoms with Gasteiger partial charge in [-0.25, -0.2) is 0 Å². The molecule has 0 spiro atoms. The lowest BCUT2D eigenvalue weighted by molar-refractivity contribution is -0.137. The van der Waals surface area contributed by atoms with Crippen LogP contribution >= 0.6 is 0 Å². The number of pyridine rings is 1. The van der Waals surface area contributed by atoms with E-state index in [0.717, 1.165) is 42.5 Å². The van der Waals surface area contributed by atoms with Gasteiger partial charge in [0.15, 0.2) is 0 Å². The first kappa shape index (κ1) is 19.5. The summed E-state index contributed by atoms with van der Waals surface area (Å²) in [6, 6.07) is 19.9. The second kappa shape index (κ2) is 8.25. The van der Waals surface area contributed by atoms with E-state index >= 15 is 0 Å². The van der Waals surface area contributed by atoms with Gasteiger partial charge in [-0.2, -0.15) is 13.2 Å². The highest BCUT2D eigenvalue weighted by Crippen LogP contribution is 2.32. The predicted molar refractivity (Wildman–Crippen MR) is 109 cm³/mol. The van der Waals surface area contributed by atoms with Gasteiger partial charge in [0, 0.05) is 44.6 Å². The summed E-state index contributed by atoms with van der Waals surface area (Å²) in [7, 11) is 0. The summed E-state index contributed by atoms with van der Waals surface area (Å²) in [5.74, 6) is 0. The zero-order valence-electron chi connectivity index (χ0n) is 15.9. The van der Waals surface area contributed by atoms with Crippen LogP contribution in [0.5, 0.6) is 0 Å². The van der Waals surface area contributed by atoms with Crippen molar-refractivity contribution in [3.63, 3.8) is 0 Å². The fraction of sp³-hybridized carbons (Fsp3) is 0.261. The first-order chi connectivity index (χ1) is 14.0. The summed E-state index contributed by atoms with van der Waals surface area (Å²) in [5, 5.41) is 0. The molecule has 0 amide bonds. The number of benzene rings is 2. The van der Waals surface area contributed by atoms with Gasteiger partial charge in [-0.05, 0) is 41.5 Å². The molecular formula is C23H22F3N3. The van der Waals surface area contributed by atoms with E-state index < -0.39 is 11.7 Å². The Morgan fingerprint density at radius 3 is 2.28 bits per heavy atom. The third-order valence-corrected chi connectivity index (χ3v) is 5.22. The first-order valence-corrected chi connectivity index (χ1v) is 9.64. The molecular weight excluding hydrogens is 375 g/mol. The second-order valence-corrected chi connectivity index (χ2v) is 7.21. The summed E-state index contributed by atoms with van der Waals surface area (Å²) in [6.45, 7) is 3.69. The highest BCUT2D eigenvalue weighted by molar-refractivity contribution is 5.63. The topological polar surface area (TPSA) is 19.4 Å². The van der Waals surface area contributed by atoms with Crippen molar-refractivity contribution >= 4 is 5.69 Å². The van der Waals surface area contributed by atoms with E-state index in [0.29, 0.717) is 18.8 Å². The minimum Gasteiger partial charge on any atom is -0.369 e. The third-order valence-electron chi connectivity index (χ3n) is 5.22. The van der Waals surface area contributed by atoms with Crippen molar-refractivity contribution in [3.05, 3.63) is 84.2 Å². The quantitative estimate of drug-likeness (QED) is 0.611. The Morgan fingerprint density at radius 2 is 1.55 bits per heavy atom. The molecule has 3 aromatic rings. The summed E-state index contributed by atoms with van der Waals surface area (Å²) in [4.78, 5) is 8.80. The minimum atomic E-state index is -4.31. The Morgan fingerprint density at radius 1 is 0.793 bits per heavy atom. The lowest BCUT2D eigenvalue weighted by Gasteiger charge is -2.36. The maximum absolute atomic E-state index is 13.0. The predicted octanol–water partition coefficient (Wildman–Crippen LogP) is 5.09. The molecule has 29 heavy (non-hydrogen) atoms. The summed E-state index contributed by atoms with van der Waals surface area (Å²) < 4.78 is 38.9. The molecule has 0 unspecified atom stereocenters. The van der Waals surface area contributed by atoms with Crippen molar-refractivity contribution in [1.29, 1.82) is 0 Å². The van der Waals surface area contributed by atoms with Gasteiger partial charge >= 0.3 is 6.18 Å². The molecule has 0 N–H and O–H groups in total. The molecule has 1 aliphatic heterocycles. The number of halogens is 3. The second-order valence-electron chi connectivity index (χ2n) is 7.21. The van der Waals surface area contributed by atoms with E-state index in [4.69, 9.17) is 0 Å². The Labute approximate surface area is 168 Å². The molecule has 3 nitrogen and oxygen atoms in total. The monoisotopic (exact) mass is 397 g/mol. The molecule has 1 aromatic heterocycles.